The van der Waals surface area contributed by atoms with E-state index >= 15 is 0 Å². The Hall–Kier alpha value is -1.54. The Kier molecular flexibility index (Phi) is 3.43. The van der Waals surface area contributed by atoms with Crippen LogP contribution < -0.4 is 4.74 Å². The molecule has 0 radical (unpaired) electrons. The summed E-state index contributed by atoms with van der Waals surface area (Å²) in [6.45, 7) is 0. The van der Waals surface area contributed by atoms with Gasteiger partial charge in [0.05, 0.1) is 13.2 Å². The summed E-state index contributed by atoms with van der Waals surface area (Å²) in [5.41, 5.74) is 1.05. The van der Waals surface area contributed by atoms with Crippen molar-refractivity contribution in [2.24, 2.45) is 5.92 Å². The van der Waals surface area contributed by atoms with E-state index < -0.39 is 0 Å². The van der Waals surface area contributed by atoms with E-state index in [0.29, 0.717) is 5.92 Å². The third-order valence-corrected chi connectivity index (χ3v) is 4.26. The van der Waals surface area contributed by atoms with E-state index in [9.17, 15) is 5.11 Å². The lowest BCUT2D eigenvalue weighted by Gasteiger charge is -2.18. The highest BCUT2D eigenvalue weighted by atomic mass is 16.5. The molecule has 100 valence electrons. The second kappa shape index (κ2) is 5.22. The number of hydrogen-bond acceptors (Lipinski definition) is 2. The molecule has 0 aromatic heterocycles. The zero-order valence-electron chi connectivity index (χ0n) is 11.3. The van der Waals surface area contributed by atoms with Crippen molar-refractivity contribution in [2.45, 2.75) is 31.8 Å². The minimum Gasteiger partial charge on any atom is -0.497 e. The van der Waals surface area contributed by atoms with Crippen molar-refractivity contribution in [2.75, 3.05) is 7.11 Å². The minimum atomic E-state index is -0.311. The van der Waals surface area contributed by atoms with E-state index in [1.165, 1.54) is 12.8 Å². The maximum Gasteiger partial charge on any atom is 0.119 e. The Morgan fingerprint density at radius 3 is 2.47 bits per heavy atom. The van der Waals surface area contributed by atoms with Gasteiger partial charge in [-0.15, -0.1) is 0 Å². The molecule has 2 heteroatoms. The van der Waals surface area contributed by atoms with Gasteiger partial charge in [0, 0.05) is 0 Å². The van der Waals surface area contributed by atoms with Gasteiger partial charge in [-0.05, 0) is 53.3 Å². The molecule has 1 fully saturated rings. The zero-order chi connectivity index (χ0) is 13.2. The molecule has 1 saturated carbocycles. The first-order chi connectivity index (χ1) is 9.28. The predicted molar refractivity (Wildman–Crippen MR) is 77.4 cm³/mol. The maximum atomic E-state index is 10.5. The lowest BCUT2D eigenvalue weighted by molar-refractivity contribution is 0.112. The fourth-order valence-corrected chi connectivity index (χ4v) is 3.10. The summed E-state index contributed by atoms with van der Waals surface area (Å²) in [6, 6.07) is 12.3. The summed E-state index contributed by atoms with van der Waals surface area (Å²) >= 11 is 0. The first-order valence-corrected chi connectivity index (χ1v) is 7.04. The van der Waals surface area contributed by atoms with E-state index in [0.717, 1.165) is 34.9 Å². The summed E-state index contributed by atoms with van der Waals surface area (Å²) in [6.07, 6.45) is 4.51. The molecule has 0 spiro atoms. The summed E-state index contributed by atoms with van der Waals surface area (Å²) in [5, 5.41) is 12.8. The van der Waals surface area contributed by atoms with Crippen LogP contribution in [0.1, 0.15) is 37.4 Å². The molecule has 2 aromatic carbocycles. The smallest absolute Gasteiger partial charge is 0.119 e. The minimum absolute atomic E-state index is 0.311. The van der Waals surface area contributed by atoms with Crippen LogP contribution >= 0.6 is 0 Å². The predicted octanol–water partition coefficient (Wildman–Crippen LogP) is 4.07. The molecule has 0 bridgehead atoms. The average molecular weight is 256 g/mol. The standard InChI is InChI=1S/C17H20O2/c1-19-16-9-8-13-10-15(7-6-14(13)11-16)17(18)12-4-2-3-5-12/h6-12,17-18H,2-5H2,1H3. The average Bonchev–Trinajstić information content (AvgIpc) is 2.99. The molecule has 19 heavy (non-hydrogen) atoms. The quantitative estimate of drug-likeness (QED) is 0.897. The van der Waals surface area contributed by atoms with Gasteiger partial charge in [0.15, 0.2) is 0 Å². The highest BCUT2D eigenvalue weighted by Gasteiger charge is 2.24. The Bertz CT molecular complexity index is 570. The van der Waals surface area contributed by atoms with Crippen molar-refractivity contribution in [3.05, 3.63) is 42.0 Å². The van der Waals surface area contributed by atoms with Crippen molar-refractivity contribution in [3.8, 4) is 5.75 Å². The second-order valence-electron chi connectivity index (χ2n) is 5.46. The maximum absolute atomic E-state index is 10.5. The summed E-state index contributed by atoms with van der Waals surface area (Å²) in [4.78, 5) is 0. The van der Waals surface area contributed by atoms with Crippen molar-refractivity contribution in [3.63, 3.8) is 0 Å². The SMILES string of the molecule is COc1ccc2cc(C(O)C3CCCC3)ccc2c1. The zero-order valence-corrected chi connectivity index (χ0v) is 11.3. The Labute approximate surface area is 114 Å². The van der Waals surface area contributed by atoms with Crippen molar-refractivity contribution in [1.29, 1.82) is 0 Å². The van der Waals surface area contributed by atoms with Crippen LogP contribution in [0.5, 0.6) is 5.75 Å². The van der Waals surface area contributed by atoms with Gasteiger partial charge >= 0.3 is 0 Å². The molecule has 3 rings (SSSR count). The van der Waals surface area contributed by atoms with Crippen LogP contribution in [-0.4, -0.2) is 12.2 Å². The molecule has 0 amide bonds. The van der Waals surface area contributed by atoms with Crippen molar-refractivity contribution >= 4 is 10.8 Å². The normalized spacial score (nSPS) is 17.8. The number of fused-ring (bicyclic) bond motifs is 1. The molecule has 2 aromatic rings. The van der Waals surface area contributed by atoms with Gasteiger partial charge in [0.2, 0.25) is 0 Å². The molecule has 1 N–H and O–H groups in total. The molecule has 2 nitrogen and oxygen atoms in total. The number of aliphatic hydroxyl groups is 1. The fourth-order valence-electron chi connectivity index (χ4n) is 3.10. The van der Waals surface area contributed by atoms with Crippen LogP contribution in [0.3, 0.4) is 0 Å². The largest absolute Gasteiger partial charge is 0.497 e. The van der Waals surface area contributed by atoms with Crippen molar-refractivity contribution in [1.82, 2.24) is 0 Å². The number of rotatable bonds is 3. The van der Waals surface area contributed by atoms with Gasteiger partial charge in [-0.3, -0.25) is 0 Å². The molecule has 0 saturated heterocycles. The van der Waals surface area contributed by atoms with Gasteiger partial charge < -0.3 is 9.84 Å². The van der Waals surface area contributed by atoms with Gasteiger partial charge in [-0.2, -0.15) is 0 Å². The number of aliphatic hydroxyl groups excluding tert-OH is 1. The molecule has 1 aliphatic rings. The fraction of sp³-hybridized carbons (Fsp3) is 0.412. The monoisotopic (exact) mass is 256 g/mol. The van der Waals surface area contributed by atoms with E-state index in [1.807, 2.05) is 18.2 Å². The first-order valence-electron chi connectivity index (χ1n) is 7.04. The number of hydrogen-bond donors (Lipinski definition) is 1. The van der Waals surface area contributed by atoms with Gasteiger partial charge in [-0.25, -0.2) is 0 Å². The van der Waals surface area contributed by atoms with Gasteiger partial charge in [-0.1, -0.05) is 31.0 Å². The van der Waals surface area contributed by atoms with Gasteiger partial charge in [0.25, 0.3) is 0 Å². The molecule has 1 atom stereocenters. The van der Waals surface area contributed by atoms with E-state index in [-0.39, 0.29) is 6.10 Å². The van der Waals surface area contributed by atoms with Crippen molar-refractivity contribution < 1.29 is 9.84 Å². The summed E-state index contributed by atoms with van der Waals surface area (Å²) < 4.78 is 5.23. The van der Waals surface area contributed by atoms with Gasteiger partial charge in [0.1, 0.15) is 5.75 Å². The topological polar surface area (TPSA) is 29.5 Å². The van der Waals surface area contributed by atoms with Crippen LogP contribution in [0, 0.1) is 5.92 Å². The molecule has 0 aliphatic heterocycles. The number of ether oxygens (including phenoxy) is 1. The molecule has 1 unspecified atom stereocenters. The van der Waals surface area contributed by atoms with Crippen LogP contribution in [0.2, 0.25) is 0 Å². The Balaban J connectivity index is 1.92. The molecule has 0 heterocycles. The van der Waals surface area contributed by atoms with Crippen LogP contribution in [0.25, 0.3) is 10.8 Å². The third kappa shape index (κ3) is 2.45. The highest BCUT2D eigenvalue weighted by Crippen LogP contribution is 2.36. The lowest BCUT2D eigenvalue weighted by atomic mass is 9.93. The molecular formula is C17H20O2. The van der Waals surface area contributed by atoms with E-state index in [2.05, 4.69) is 18.2 Å². The Morgan fingerprint density at radius 2 is 1.74 bits per heavy atom. The van der Waals surface area contributed by atoms with Crippen LogP contribution in [0.4, 0.5) is 0 Å². The lowest BCUT2D eigenvalue weighted by Crippen LogP contribution is -2.08. The second-order valence-corrected chi connectivity index (χ2v) is 5.46. The van der Waals surface area contributed by atoms with Crippen LogP contribution in [-0.2, 0) is 0 Å². The number of methoxy groups -OCH3 is 1. The van der Waals surface area contributed by atoms with E-state index in [1.54, 1.807) is 7.11 Å². The molecule has 1 aliphatic carbocycles. The van der Waals surface area contributed by atoms with Crippen LogP contribution in [0.15, 0.2) is 36.4 Å². The summed E-state index contributed by atoms with van der Waals surface area (Å²) in [5.74, 6) is 1.31. The van der Waals surface area contributed by atoms with E-state index in [4.69, 9.17) is 4.74 Å². The Morgan fingerprint density at radius 1 is 1.05 bits per heavy atom. The first kappa shape index (κ1) is 12.5. The highest BCUT2D eigenvalue weighted by molar-refractivity contribution is 5.84. The molecular weight excluding hydrogens is 236 g/mol. The summed E-state index contributed by atoms with van der Waals surface area (Å²) in [7, 11) is 1.68. The number of benzene rings is 2. The third-order valence-electron chi connectivity index (χ3n) is 4.26.